The molecule has 0 bridgehead atoms. The number of nitriles is 1. The molecule has 3 rings (SSSR count). The van der Waals surface area contributed by atoms with Gasteiger partial charge in [0.1, 0.15) is 11.6 Å². The van der Waals surface area contributed by atoms with Crippen LogP contribution in [0.3, 0.4) is 0 Å². The zero-order valence-electron chi connectivity index (χ0n) is 14.1. The second-order valence-electron chi connectivity index (χ2n) is 6.67. The van der Waals surface area contributed by atoms with Gasteiger partial charge in [-0.05, 0) is 24.3 Å². The van der Waals surface area contributed by atoms with E-state index in [2.05, 4.69) is 32.2 Å². The molecule has 0 saturated carbocycles. The molecule has 0 aliphatic heterocycles. The summed E-state index contributed by atoms with van der Waals surface area (Å²) in [6.07, 6.45) is 0. The van der Waals surface area contributed by atoms with Crippen LogP contribution >= 0.6 is 0 Å². The van der Waals surface area contributed by atoms with E-state index in [1.54, 1.807) is 0 Å². The highest BCUT2D eigenvalue weighted by Gasteiger charge is 2.27. The smallest absolute Gasteiger partial charge is 0.152 e. The Morgan fingerprint density at radius 1 is 0.958 bits per heavy atom. The summed E-state index contributed by atoms with van der Waals surface area (Å²) in [6, 6.07) is 22.0. The molecule has 0 saturated heterocycles. The summed E-state index contributed by atoms with van der Waals surface area (Å²) in [4.78, 5) is 0. The fourth-order valence-electron chi connectivity index (χ4n) is 2.58. The van der Waals surface area contributed by atoms with Crippen molar-refractivity contribution in [3.63, 3.8) is 0 Å². The van der Waals surface area contributed by atoms with Gasteiger partial charge in [0, 0.05) is 11.1 Å². The number of benzene rings is 2. The third-order valence-electron chi connectivity index (χ3n) is 3.74. The Morgan fingerprint density at radius 3 is 2.08 bits per heavy atom. The van der Waals surface area contributed by atoms with Crippen molar-refractivity contribution in [3.05, 3.63) is 71.9 Å². The summed E-state index contributed by atoms with van der Waals surface area (Å²) in [7, 11) is 0. The molecule has 0 amide bonds. The van der Waals surface area contributed by atoms with E-state index in [0.717, 1.165) is 17.1 Å². The van der Waals surface area contributed by atoms with Gasteiger partial charge in [0.2, 0.25) is 0 Å². The van der Waals surface area contributed by atoms with Crippen LogP contribution in [0.4, 0.5) is 11.5 Å². The van der Waals surface area contributed by atoms with Crippen molar-refractivity contribution in [2.75, 3.05) is 5.32 Å². The van der Waals surface area contributed by atoms with E-state index in [0.29, 0.717) is 11.4 Å². The van der Waals surface area contributed by atoms with Gasteiger partial charge in [-0.3, -0.25) is 0 Å². The summed E-state index contributed by atoms with van der Waals surface area (Å²) in [5, 5.41) is 17.9. The van der Waals surface area contributed by atoms with Gasteiger partial charge in [0.15, 0.2) is 5.82 Å². The standard InChI is InChI=1S/C20H20N4/c1-20(2,3)18-17(14-21)19(22-15-10-6-4-7-11-15)24(23-18)16-12-8-5-9-13-16/h4-13,22H,1-3H3. The summed E-state index contributed by atoms with van der Waals surface area (Å²) in [6.45, 7) is 6.20. The van der Waals surface area contributed by atoms with E-state index < -0.39 is 0 Å². The molecule has 4 nitrogen and oxygen atoms in total. The molecule has 3 aromatic rings. The lowest BCUT2D eigenvalue weighted by molar-refractivity contribution is 0.559. The summed E-state index contributed by atoms with van der Waals surface area (Å²) < 4.78 is 1.81. The van der Waals surface area contributed by atoms with E-state index in [1.807, 2.05) is 65.3 Å². The van der Waals surface area contributed by atoms with Crippen molar-refractivity contribution < 1.29 is 0 Å². The van der Waals surface area contributed by atoms with Crippen LogP contribution in [-0.2, 0) is 5.41 Å². The molecule has 2 aromatic carbocycles. The number of hydrogen-bond acceptors (Lipinski definition) is 3. The predicted octanol–water partition coefficient (Wildman–Crippen LogP) is 4.79. The van der Waals surface area contributed by atoms with Gasteiger partial charge in [-0.15, -0.1) is 0 Å². The lowest BCUT2D eigenvalue weighted by atomic mass is 9.89. The Kier molecular flexibility index (Phi) is 4.09. The highest BCUT2D eigenvalue weighted by Crippen LogP contribution is 2.33. The molecule has 0 atom stereocenters. The molecule has 0 aliphatic carbocycles. The molecule has 0 unspecified atom stereocenters. The fraction of sp³-hybridized carbons (Fsp3) is 0.200. The van der Waals surface area contributed by atoms with Crippen LogP contribution in [-0.4, -0.2) is 9.78 Å². The number of para-hydroxylation sites is 2. The van der Waals surface area contributed by atoms with Gasteiger partial charge >= 0.3 is 0 Å². The topological polar surface area (TPSA) is 53.6 Å². The zero-order chi connectivity index (χ0) is 17.2. The third kappa shape index (κ3) is 3.02. The maximum atomic E-state index is 9.76. The first kappa shape index (κ1) is 15.8. The fourth-order valence-corrected chi connectivity index (χ4v) is 2.58. The number of nitrogens with one attached hydrogen (secondary N) is 1. The Labute approximate surface area is 142 Å². The van der Waals surface area contributed by atoms with E-state index in [4.69, 9.17) is 5.10 Å². The second kappa shape index (κ2) is 6.21. The molecule has 0 aliphatic rings. The van der Waals surface area contributed by atoms with Crippen molar-refractivity contribution in [2.24, 2.45) is 0 Å². The second-order valence-corrected chi connectivity index (χ2v) is 6.67. The lowest BCUT2D eigenvalue weighted by Gasteiger charge is -2.15. The minimum absolute atomic E-state index is 0.224. The van der Waals surface area contributed by atoms with E-state index in [-0.39, 0.29) is 5.41 Å². The third-order valence-corrected chi connectivity index (χ3v) is 3.74. The van der Waals surface area contributed by atoms with Gasteiger partial charge < -0.3 is 5.32 Å². The van der Waals surface area contributed by atoms with Crippen molar-refractivity contribution in [3.8, 4) is 11.8 Å². The first-order chi connectivity index (χ1) is 11.5. The molecule has 0 radical (unpaired) electrons. The molecule has 24 heavy (non-hydrogen) atoms. The predicted molar refractivity (Wildman–Crippen MR) is 96.7 cm³/mol. The number of nitrogens with zero attached hydrogens (tertiary/aromatic N) is 3. The molecular formula is C20H20N4. The number of aromatic nitrogens is 2. The molecule has 120 valence electrons. The monoisotopic (exact) mass is 316 g/mol. The minimum Gasteiger partial charge on any atom is -0.339 e. The van der Waals surface area contributed by atoms with E-state index in [1.165, 1.54) is 0 Å². The van der Waals surface area contributed by atoms with Crippen LogP contribution in [0.5, 0.6) is 0 Å². The quantitative estimate of drug-likeness (QED) is 0.756. The number of hydrogen-bond donors (Lipinski definition) is 1. The average molecular weight is 316 g/mol. The first-order valence-electron chi connectivity index (χ1n) is 7.92. The SMILES string of the molecule is CC(C)(C)c1nn(-c2ccccc2)c(Nc2ccccc2)c1C#N. The highest BCUT2D eigenvalue weighted by atomic mass is 15.3. The normalized spacial score (nSPS) is 11.1. The van der Waals surface area contributed by atoms with Gasteiger partial charge in [-0.25, -0.2) is 4.68 Å². The Bertz CT molecular complexity index is 866. The Morgan fingerprint density at radius 2 is 1.54 bits per heavy atom. The van der Waals surface area contributed by atoms with Gasteiger partial charge in [0.25, 0.3) is 0 Å². The van der Waals surface area contributed by atoms with Crippen molar-refractivity contribution in [2.45, 2.75) is 26.2 Å². The Balaban J connectivity index is 2.21. The summed E-state index contributed by atoms with van der Waals surface area (Å²) in [5.41, 5.74) is 2.98. The molecule has 1 N–H and O–H groups in total. The van der Waals surface area contributed by atoms with Crippen molar-refractivity contribution in [1.29, 1.82) is 5.26 Å². The molecule has 0 spiro atoms. The maximum absolute atomic E-state index is 9.76. The summed E-state index contributed by atoms with van der Waals surface area (Å²) in [5.74, 6) is 0.694. The molecule has 1 heterocycles. The average Bonchev–Trinajstić information content (AvgIpc) is 2.95. The zero-order valence-corrected chi connectivity index (χ0v) is 14.1. The number of rotatable bonds is 3. The minimum atomic E-state index is -0.224. The summed E-state index contributed by atoms with van der Waals surface area (Å²) >= 11 is 0. The molecular weight excluding hydrogens is 296 g/mol. The number of anilines is 2. The van der Waals surface area contributed by atoms with Crippen LogP contribution in [0.2, 0.25) is 0 Å². The molecule has 0 fully saturated rings. The maximum Gasteiger partial charge on any atom is 0.152 e. The van der Waals surface area contributed by atoms with Crippen LogP contribution in [0.25, 0.3) is 5.69 Å². The largest absolute Gasteiger partial charge is 0.339 e. The van der Waals surface area contributed by atoms with Crippen LogP contribution in [0.1, 0.15) is 32.0 Å². The van der Waals surface area contributed by atoms with E-state index >= 15 is 0 Å². The van der Waals surface area contributed by atoms with Crippen LogP contribution < -0.4 is 5.32 Å². The van der Waals surface area contributed by atoms with Crippen molar-refractivity contribution in [1.82, 2.24) is 9.78 Å². The lowest BCUT2D eigenvalue weighted by Crippen LogP contribution is -2.14. The Hall–Kier alpha value is -3.06. The van der Waals surface area contributed by atoms with Gasteiger partial charge in [0.05, 0.1) is 11.4 Å². The highest BCUT2D eigenvalue weighted by molar-refractivity contribution is 5.67. The van der Waals surface area contributed by atoms with Crippen LogP contribution in [0.15, 0.2) is 60.7 Å². The van der Waals surface area contributed by atoms with Crippen molar-refractivity contribution >= 4 is 11.5 Å². The van der Waals surface area contributed by atoms with Gasteiger partial charge in [-0.1, -0.05) is 57.2 Å². The molecule has 1 aromatic heterocycles. The van der Waals surface area contributed by atoms with Gasteiger partial charge in [-0.2, -0.15) is 10.4 Å². The molecule has 4 heteroatoms. The van der Waals surface area contributed by atoms with Crippen LogP contribution in [0, 0.1) is 11.3 Å². The van der Waals surface area contributed by atoms with E-state index in [9.17, 15) is 5.26 Å². The first-order valence-corrected chi connectivity index (χ1v) is 7.92.